The lowest BCUT2D eigenvalue weighted by atomic mass is 10.1. The van der Waals surface area contributed by atoms with Crippen molar-refractivity contribution in [1.29, 1.82) is 0 Å². The van der Waals surface area contributed by atoms with Gasteiger partial charge in [0.05, 0.1) is 65.2 Å². The molecule has 26 heavy (non-hydrogen) atoms. The zero-order chi connectivity index (χ0) is 17.6. The zero-order valence-corrected chi connectivity index (χ0v) is 15.9. The Balaban J connectivity index is 1.59. The van der Waals surface area contributed by atoms with Crippen LogP contribution in [0.4, 0.5) is 0 Å². The monoisotopic (exact) mass is 370 g/mol. The number of hydrogen-bond acceptors (Lipinski definition) is 8. The lowest BCUT2D eigenvalue weighted by Gasteiger charge is -2.53. The van der Waals surface area contributed by atoms with Gasteiger partial charge in [-0.25, -0.2) is 0 Å². The lowest BCUT2D eigenvalue weighted by Crippen LogP contribution is -2.70. The second-order valence-electron chi connectivity index (χ2n) is 7.42. The number of ether oxygens (including phenoxy) is 4. The summed E-state index contributed by atoms with van der Waals surface area (Å²) in [5.74, 6) is 0. The molecule has 0 aromatic heterocycles. The van der Waals surface area contributed by atoms with Gasteiger partial charge in [-0.3, -0.25) is 19.6 Å². The summed E-state index contributed by atoms with van der Waals surface area (Å²) < 4.78 is 22.6. The lowest BCUT2D eigenvalue weighted by molar-refractivity contribution is -0.155. The third kappa shape index (κ3) is 4.56. The van der Waals surface area contributed by atoms with Gasteiger partial charge in [-0.2, -0.15) is 0 Å². The highest BCUT2D eigenvalue weighted by Crippen LogP contribution is 2.23. The number of nitrogens with zero attached hydrogens (tertiary/aromatic N) is 4. The van der Waals surface area contributed by atoms with Gasteiger partial charge in [-0.1, -0.05) is 0 Å². The van der Waals surface area contributed by atoms with Crippen molar-refractivity contribution in [1.82, 2.24) is 19.6 Å². The highest BCUT2D eigenvalue weighted by atomic mass is 16.5. The van der Waals surface area contributed by atoms with Gasteiger partial charge in [0.15, 0.2) is 0 Å². The van der Waals surface area contributed by atoms with Crippen LogP contribution in [-0.2, 0) is 18.9 Å². The normalized spacial score (nSPS) is 28.8. The number of morpholine rings is 4. The molecule has 4 saturated heterocycles. The third-order valence-corrected chi connectivity index (χ3v) is 5.95. The first kappa shape index (κ1) is 19.0. The number of hydrogen-bond donors (Lipinski definition) is 0. The molecule has 4 aliphatic rings. The van der Waals surface area contributed by atoms with Crippen molar-refractivity contribution in [2.75, 3.05) is 105 Å². The van der Waals surface area contributed by atoms with Crippen LogP contribution in [-0.4, -0.2) is 137 Å². The summed E-state index contributed by atoms with van der Waals surface area (Å²) >= 11 is 0. The molecule has 0 N–H and O–H groups in total. The maximum absolute atomic E-state index is 5.66. The van der Waals surface area contributed by atoms with Gasteiger partial charge in [0.2, 0.25) is 0 Å². The van der Waals surface area contributed by atoms with Crippen LogP contribution in [0.2, 0.25) is 0 Å². The molecule has 0 aromatic rings. The molecule has 0 saturated carbocycles. The first-order chi connectivity index (χ1) is 12.9. The van der Waals surface area contributed by atoms with E-state index in [1.54, 1.807) is 0 Å². The highest BCUT2D eigenvalue weighted by molar-refractivity contribution is 4.90. The summed E-state index contributed by atoms with van der Waals surface area (Å²) in [5, 5.41) is 0. The molecule has 8 heteroatoms. The average molecular weight is 370 g/mol. The molecule has 0 spiro atoms. The molecule has 0 bridgehead atoms. The Hall–Kier alpha value is -0.320. The van der Waals surface area contributed by atoms with Crippen LogP contribution in [0.3, 0.4) is 0 Å². The Labute approximate surface area is 156 Å². The summed E-state index contributed by atoms with van der Waals surface area (Å²) in [7, 11) is 0. The predicted octanol–water partition coefficient (Wildman–Crippen LogP) is -1.03. The zero-order valence-electron chi connectivity index (χ0n) is 15.9. The first-order valence-corrected chi connectivity index (χ1v) is 10.2. The van der Waals surface area contributed by atoms with E-state index in [4.69, 9.17) is 18.9 Å². The quantitative estimate of drug-likeness (QED) is 0.609. The predicted molar refractivity (Wildman–Crippen MR) is 97.1 cm³/mol. The Morgan fingerprint density at radius 2 is 0.538 bits per heavy atom. The molecule has 0 unspecified atom stereocenters. The van der Waals surface area contributed by atoms with E-state index in [-0.39, 0.29) is 0 Å². The molecule has 4 aliphatic heterocycles. The minimum atomic E-state index is 0.374. The molecule has 8 nitrogen and oxygen atoms in total. The van der Waals surface area contributed by atoms with Crippen LogP contribution in [0.1, 0.15) is 0 Å². The summed E-state index contributed by atoms with van der Waals surface area (Å²) in [5.41, 5.74) is 0. The van der Waals surface area contributed by atoms with Crippen molar-refractivity contribution in [3.63, 3.8) is 0 Å². The van der Waals surface area contributed by atoms with E-state index < -0.39 is 0 Å². The van der Waals surface area contributed by atoms with Crippen molar-refractivity contribution >= 4 is 0 Å². The minimum absolute atomic E-state index is 0.374. The largest absolute Gasteiger partial charge is 0.379 e. The third-order valence-electron chi connectivity index (χ3n) is 5.95. The van der Waals surface area contributed by atoms with Gasteiger partial charge in [-0.15, -0.1) is 0 Å². The second-order valence-corrected chi connectivity index (χ2v) is 7.42. The van der Waals surface area contributed by atoms with Crippen LogP contribution >= 0.6 is 0 Å². The maximum atomic E-state index is 5.66. The molecule has 4 heterocycles. The molecule has 0 aromatic carbocycles. The standard InChI is InChI=1S/C18H34N4O4/c1-9-23-10-2-19(1)17(20-3-11-24-12-4-20)18(21-5-13-25-14-6-21)22-7-15-26-16-8-22/h17-18H,1-16H2. The van der Waals surface area contributed by atoms with E-state index in [0.717, 1.165) is 105 Å². The van der Waals surface area contributed by atoms with Crippen molar-refractivity contribution in [3.05, 3.63) is 0 Å². The number of rotatable bonds is 5. The van der Waals surface area contributed by atoms with E-state index in [0.29, 0.717) is 12.3 Å². The van der Waals surface area contributed by atoms with Gasteiger partial charge in [0.25, 0.3) is 0 Å². The fourth-order valence-corrected chi connectivity index (χ4v) is 4.58. The van der Waals surface area contributed by atoms with Crippen molar-refractivity contribution in [2.45, 2.75) is 12.3 Å². The SMILES string of the molecule is C1CN(C(C(N2CCOCC2)N2CCOCC2)N2CCOCC2)CCO1. The smallest absolute Gasteiger partial charge is 0.0924 e. The molecular weight excluding hydrogens is 336 g/mol. The van der Waals surface area contributed by atoms with Gasteiger partial charge in [-0.05, 0) is 0 Å². The topological polar surface area (TPSA) is 49.9 Å². The summed E-state index contributed by atoms with van der Waals surface area (Å²) in [4.78, 5) is 10.6. The Morgan fingerprint density at radius 1 is 0.346 bits per heavy atom. The van der Waals surface area contributed by atoms with Crippen molar-refractivity contribution in [3.8, 4) is 0 Å². The van der Waals surface area contributed by atoms with Crippen molar-refractivity contribution < 1.29 is 18.9 Å². The van der Waals surface area contributed by atoms with Crippen LogP contribution in [0.25, 0.3) is 0 Å². The first-order valence-electron chi connectivity index (χ1n) is 10.2. The molecule has 0 aliphatic carbocycles. The maximum Gasteiger partial charge on any atom is 0.0924 e. The van der Waals surface area contributed by atoms with Gasteiger partial charge >= 0.3 is 0 Å². The second kappa shape index (κ2) is 9.75. The van der Waals surface area contributed by atoms with Gasteiger partial charge in [0, 0.05) is 52.4 Å². The summed E-state index contributed by atoms with van der Waals surface area (Å²) in [6, 6.07) is 0. The van der Waals surface area contributed by atoms with E-state index in [1.807, 2.05) is 0 Å². The van der Waals surface area contributed by atoms with Crippen LogP contribution in [0, 0.1) is 0 Å². The fraction of sp³-hybridized carbons (Fsp3) is 1.00. The molecule has 0 atom stereocenters. The van der Waals surface area contributed by atoms with Crippen molar-refractivity contribution in [2.24, 2.45) is 0 Å². The molecule has 0 amide bonds. The molecule has 4 rings (SSSR count). The van der Waals surface area contributed by atoms with Crippen LogP contribution in [0.15, 0.2) is 0 Å². The Morgan fingerprint density at radius 3 is 0.731 bits per heavy atom. The molecule has 150 valence electrons. The van der Waals surface area contributed by atoms with E-state index in [1.165, 1.54) is 0 Å². The van der Waals surface area contributed by atoms with E-state index >= 15 is 0 Å². The minimum Gasteiger partial charge on any atom is -0.379 e. The van der Waals surface area contributed by atoms with Gasteiger partial charge in [0.1, 0.15) is 0 Å². The summed E-state index contributed by atoms with van der Waals surface area (Å²) in [6.45, 7) is 14.7. The Bertz CT molecular complexity index is 332. The highest BCUT2D eigenvalue weighted by Gasteiger charge is 2.41. The molecule has 0 radical (unpaired) electrons. The Kier molecular flexibility index (Phi) is 7.13. The van der Waals surface area contributed by atoms with E-state index in [2.05, 4.69) is 19.6 Å². The van der Waals surface area contributed by atoms with Crippen LogP contribution < -0.4 is 0 Å². The van der Waals surface area contributed by atoms with Crippen LogP contribution in [0.5, 0.6) is 0 Å². The molecule has 4 fully saturated rings. The average Bonchev–Trinajstić information content (AvgIpc) is 2.74. The fourth-order valence-electron chi connectivity index (χ4n) is 4.58. The molecular formula is C18H34N4O4. The summed E-state index contributed by atoms with van der Waals surface area (Å²) in [6.07, 6.45) is 0.748. The van der Waals surface area contributed by atoms with E-state index in [9.17, 15) is 0 Å². The van der Waals surface area contributed by atoms with Gasteiger partial charge < -0.3 is 18.9 Å².